The molecule has 0 spiro atoms. The number of halogens is 1. The van der Waals surface area contributed by atoms with E-state index in [0.717, 1.165) is 0 Å². The number of aromatic nitrogens is 2. The van der Waals surface area contributed by atoms with Crippen molar-refractivity contribution in [2.45, 2.75) is 18.9 Å². The van der Waals surface area contributed by atoms with Crippen molar-refractivity contribution in [3.8, 4) is 0 Å². The number of carbonyl (C=O) groups excluding carboxylic acids is 3. The summed E-state index contributed by atoms with van der Waals surface area (Å²) in [6.07, 6.45) is 1.98. The molecule has 6 N–H and O–H groups in total. The molecular weight excluding hydrogens is 361 g/mol. The number of H-pyrrole nitrogens is 1. The molecule has 0 aliphatic carbocycles. The summed E-state index contributed by atoms with van der Waals surface area (Å²) in [6.45, 7) is 0. The molecule has 142 valence electrons. The Balaban J connectivity index is 0.000000223. The lowest BCUT2D eigenvalue weighted by molar-refractivity contribution is -0.122. The summed E-state index contributed by atoms with van der Waals surface area (Å²) in [5, 5.41) is 19.5. The SMILES string of the molecule is NC(=O)c1ccc(F)cc1.O=C1CCC(C(=O)Nc2c[nH]nc2C(=O)O)N1. The van der Waals surface area contributed by atoms with Gasteiger partial charge in [0.2, 0.25) is 17.7 Å². The van der Waals surface area contributed by atoms with Crippen molar-refractivity contribution >= 4 is 29.4 Å². The number of nitrogens with two attached hydrogens (primary N) is 1. The summed E-state index contributed by atoms with van der Waals surface area (Å²) in [5.74, 6) is -2.78. The van der Waals surface area contributed by atoms with Crippen LogP contribution in [0.25, 0.3) is 0 Å². The van der Waals surface area contributed by atoms with E-state index in [-0.39, 0.29) is 23.1 Å². The third kappa shape index (κ3) is 5.36. The van der Waals surface area contributed by atoms with Crippen LogP contribution >= 0.6 is 0 Å². The number of nitrogens with zero attached hydrogens (tertiary/aromatic N) is 1. The topological polar surface area (TPSA) is 167 Å². The smallest absolute Gasteiger partial charge is 0.358 e. The number of hydrogen-bond donors (Lipinski definition) is 5. The third-order valence-electron chi connectivity index (χ3n) is 3.54. The van der Waals surface area contributed by atoms with Gasteiger partial charge in [0.15, 0.2) is 5.69 Å². The Morgan fingerprint density at radius 2 is 1.93 bits per heavy atom. The minimum atomic E-state index is -1.24. The Bertz CT molecular complexity index is 864. The van der Waals surface area contributed by atoms with Crippen molar-refractivity contribution in [3.05, 3.63) is 47.5 Å². The predicted molar refractivity (Wildman–Crippen MR) is 90.3 cm³/mol. The first-order valence-electron chi connectivity index (χ1n) is 7.70. The number of rotatable bonds is 4. The lowest BCUT2D eigenvalue weighted by Crippen LogP contribution is -2.37. The Morgan fingerprint density at radius 3 is 2.44 bits per heavy atom. The van der Waals surface area contributed by atoms with Crippen molar-refractivity contribution < 1.29 is 28.7 Å². The highest BCUT2D eigenvalue weighted by Gasteiger charge is 2.28. The van der Waals surface area contributed by atoms with Crippen LogP contribution in [0.2, 0.25) is 0 Å². The summed E-state index contributed by atoms with van der Waals surface area (Å²) in [7, 11) is 0. The zero-order valence-corrected chi connectivity index (χ0v) is 13.9. The summed E-state index contributed by atoms with van der Waals surface area (Å²) in [4.78, 5) is 43.8. The molecule has 11 heteroatoms. The molecule has 27 heavy (non-hydrogen) atoms. The second-order valence-corrected chi connectivity index (χ2v) is 5.47. The number of amides is 3. The number of carboxylic acid groups (broad SMARTS) is 1. The summed E-state index contributed by atoms with van der Waals surface area (Å²) in [5.41, 5.74) is 5.05. The number of hydrogen-bond acceptors (Lipinski definition) is 5. The highest BCUT2D eigenvalue weighted by molar-refractivity contribution is 6.02. The molecule has 1 unspecified atom stereocenters. The summed E-state index contributed by atoms with van der Waals surface area (Å²) >= 11 is 0. The van der Waals surface area contributed by atoms with Crippen molar-refractivity contribution in [2.24, 2.45) is 5.73 Å². The van der Waals surface area contributed by atoms with E-state index in [4.69, 9.17) is 10.8 Å². The second kappa shape index (κ2) is 8.56. The molecule has 1 aromatic carbocycles. The second-order valence-electron chi connectivity index (χ2n) is 5.47. The third-order valence-corrected chi connectivity index (χ3v) is 3.54. The lowest BCUT2D eigenvalue weighted by Gasteiger charge is -2.09. The molecule has 0 radical (unpaired) electrons. The minimum absolute atomic E-state index is 0.0867. The molecule has 1 saturated heterocycles. The van der Waals surface area contributed by atoms with Crippen LogP contribution in [0.4, 0.5) is 10.1 Å². The fraction of sp³-hybridized carbons (Fsp3) is 0.188. The van der Waals surface area contributed by atoms with Crippen LogP contribution in [0.15, 0.2) is 30.5 Å². The standard InChI is InChI=1S/C9H10N4O4.C7H6FNO/c14-6-2-1-4(11-6)8(15)12-5-3-10-13-7(5)9(16)17;8-6-3-1-5(2-4-6)7(9)10/h3-4H,1-2H2,(H,10,13)(H,11,14)(H,12,15)(H,16,17);1-4H,(H2,9,10). The first kappa shape index (κ1) is 19.6. The molecule has 1 aromatic heterocycles. The number of carboxylic acids is 1. The summed E-state index contributed by atoms with van der Waals surface area (Å²) in [6, 6.07) is 4.47. The Labute approximate surface area is 151 Å². The highest BCUT2D eigenvalue weighted by atomic mass is 19.1. The van der Waals surface area contributed by atoms with Gasteiger partial charge >= 0.3 is 5.97 Å². The van der Waals surface area contributed by atoms with Gasteiger partial charge in [-0.3, -0.25) is 19.5 Å². The monoisotopic (exact) mass is 377 g/mol. The maximum atomic E-state index is 12.2. The molecular formula is C16H16FN5O5. The highest BCUT2D eigenvalue weighted by Crippen LogP contribution is 2.14. The predicted octanol–water partition coefficient (Wildman–Crippen LogP) is 0.250. The van der Waals surface area contributed by atoms with E-state index in [1.165, 1.54) is 30.5 Å². The van der Waals surface area contributed by atoms with Gasteiger partial charge < -0.3 is 21.5 Å². The maximum absolute atomic E-state index is 12.2. The Hall–Kier alpha value is -3.76. The number of benzene rings is 1. The lowest BCUT2D eigenvalue weighted by atomic mass is 10.2. The quantitative estimate of drug-likeness (QED) is 0.512. The van der Waals surface area contributed by atoms with Gasteiger partial charge in [0.25, 0.3) is 0 Å². The molecule has 2 heterocycles. The normalized spacial score (nSPS) is 15.3. The van der Waals surface area contributed by atoms with Crippen LogP contribution in [-0.2, 0) is 9.59 Å². The molecule has 0 saturated carbocycles. The van der Waals surface area contributed by atoms with Gasteiger partial charge in [0.1, 0.15) is 11.9 Å². The molecule has 2 aromatic rings. The molecule has 3 amide bonds. The van der Waals surface area contributed by atoms with Gasteiger partial charge in [-0.25, -0.2) is 9.18 Å². The van der Waals surface area contributed by atoms with Gasteiger partial charge in [-0.2, -0.15) is 5.10 Å². The van der Waals surface area contributed by atoms with Crippen molar-refractivity contribution in [1.82, 2.24) is 15.5 Å². The van der Waals surface area contributed by atoms with Crippen LogP contribution in [-0.4, -0.2) is 45.0 Å². The van der Waals surface area contributed by atoms with Crippen LogP contribution in [0.1, 0.15) is 33.7 Å². The van der Waals surface area contributed by atoms with E-state index in [0.29, 0.717) is 18.4 Å². The van der Waals surface area contributed by atoms with Crippen LogP contribution in [0, 0.1) is 5.82 Å². The van der Waals surface area contributed by atoms with Crippen LogP contribution in [0.5, 0.6) is 0 Å². The number of aromatic amines is 1. The average molecular weight is 377 g/mol. The molecule has 1 aliphatic rings. The first-order chi connectivity index (χ1) is 12.8. The fourth-order valence-electron chi connectivity index (χ4n) is 2.19. The number of anilines is 1. The number of nitrogens with one attached hydrogen (secondary N) is 3. The van der Waals surface area contributed by atoms with Crippen molar-refractivity contribution in [1.29, 1.82) is 0 Å². The van der Waals surface area contributed by atoms with Gasteiger partial charge in [-0.1, -0.05) is 0 Å². The molecule has 10 nitrogen and oxygen atoms in total. The Kier molecular flexibility index (Phi) is 6.20. The molecule has 1 atom stereocenters. The maximum Gasteiger partial charge on any atom is 0.358 e. The van der Waals surface area contributed by atoms with Gasteiger partial charge in [-0.05, 0) is 30.7 Å². The molecule has 0 bridgehead atoms. The minimum Gasteiger partial charge on any atom is -0.476 e. The number of carbonyl (C=O) groups is 4. The summed E-state index contributed by atoms with van der Waals surface area (Å²) < 4.78 is 12.2. The first-order valence-corrected chi connectivity index (χ1v) is 7.70. The zero-order valence-electron chi connectivity index (χ0n) is 13.9. The van der Waals surface area contributed by atoms with E-state index >= 15 is 0 Å². The molecule has 3 rings (SSSR count). The van der Waals surface area contributed by atoms with E-state index in [2.05, 4.69) is 20.8 Å². The largest absolute Gasteiger partial charge is 0.476 e. The average Bonchev–Trinajstić information content (AvgIpc) is 3.25. The van der Waals surface area contributed by atoms with Gasteiger partial charge in [0, 0.05) is 18.2 Å². The van der Waals surface area contributed by atoms with Gasteiger partial charge in [-0.15, -0.1) is 0 Å². The van der Waals surface area contributed by atoms with E-state index < -0.39 is 23.8 Å². The molecule has 1 aliphatic heterocycles. The molecule has 1 fully saturated rings. The number of primary amides is 1. The zero-order chi connectivity index (χ0) is 20.0. The van der Waals surface area contributed by atoms with E-state index in [1.807, 2.05) is 0 Å². The van der Waals surface area contributed by atoms with Crippen LogP contribution < -0.4 is 16.4 Å². The van der Waals surface area contributed by atoms with Crippen molar-refractivity contribution in [2.75, 3.05) is 5.32 Å². The Morgan fingerprint density at radius 1 is 1.26 bits per heavy atom. The van der Waals surface area contributed by atoms with Crippen LogP contribution in [0.3, 0.4) is 0 Å². The van der Waals surface area contributed by atoms with Gasteiger partial charge in [0.05, 0.1) is 5.69 Å². The fourth-order valence-corrected chi connectivity index (χ4v) is 2.19. The van der Waals surface area contributed by atoms with E-state index in [1.54, 1.807) is 0 Å². The van der Waals surface area contributed by atoms with Crippen molar-refractivity contribution in [3.63, 3.8) is 0 Å². The van der Waals surface area contributed by atoms with E-state index in [9.17, 15) is 23.6 Å². The number of aromatic carboxylic acids is 1.